The van der Waals surface area contributed by atoms with Crippen molar-refractivity contribution in [1.29, 1.82) is 0 Å². The van der Waals surface area contributed by atoms with Gasteiger partial charge in [-0.15, -0.1) is 0 Å². The van der Waals surface area contributed by atoms with Crippen molar-refractivity contribution in [3.8, 4) is 0 Å². The first-order valence-corrected chi connectivity index (χ1v) is 8.33. The fourth-order valence-corrected chi connectivity index (χ4v) is 2.66. The zero-order chi connectivity index (χ0) is 16.3. The highest BCUT2D eigenvalue weighted by molar-refractivity contribution is 9.10. The topological polar surface area (TPSA) is 45.3 Å². The number of carbonyl (C=O) groups is 1. The van der Waals surface area contributed by atoms with Crippen molar-refractivity contribution in [2.45, 2.75) is 46.3 Å². The Bertz CT molecular complexity index is 658. The SMILES string of the molecule is CCCN(Cc1cc2cc(Br)ccc2[nH]1)C(=O)OC(C)(C)C. The van der Waals surface area contributed by atoms with Gasteiger partial charge in [0.1, 0.15) is 5.60 Å². The van der Waals surface area contributed by atoms with Crippen LogP contribution in [0.3, 0.4) is 0 Å². The smallest absolute Gasteiger partial charge is 0.410 e. The Balaban J connectivity index is 2.16. The molecule has 120 valence electrons. The van der Waals surface area contributed by atoms with E-state index in [0.29, 0.717) is 13.1 Å². The molecular weight excluding hydrogens is 344 g/mol. The molecule has 0 atom stereocenters. The zero-order valence-corrected chi connectivity index (χ0v) is 15.2. The van der Waals surface area contributed by atoms with Gasteiger partial charge in [-0.1, -0.05) is 22.9 Å². The largest absolute Gasteiger partial charge is 0.444 e. The number of hydrogen-bond donors (Lipinski definition) is 1. The minimum Gasteiger partial charge on any atom is -0.444 e. The minimum absolute atomic E-state index is 0.269. The number of hydrogen-bond acceptors (Lipinski definition) is 2. The Hall–Kier alpha value is -1.49. The lowest BCUT2D eigenvalue weighted by Crippen LogP contribution is -2.37. The molecule has 4 nitrogen and oxygen atoms in total. The third-order valence-electron chi connectivity index (χ3n) is 3.14. The van der Waals surface area contributed by atoms with Gasteiger partial charge >= 0.3 is 6.09 Å². The monoisotopic (exact) mass is 366 g/mol. The van der Waals surface area contributed by atoms with Crippen molar-refractivity contribution < 1.29 is 9.53 Å². The normalized spacial score (nSPS) is 11.7. The van der Waals surface area contributed by atoms with Crippen molar-refractivity contribution in [1.82, 2.24) is 9.88 Å². The van der Waals surface area contributed by atoms with Crippen LogP contribution in [0.2, 0.25) is 0 Å². The van der Waals surface area contributed by atoms with Crippen molar-refractivity contribution in [3.63, 3.8) is 0 Å². The van der Waals surface area contributed by atoms with E-state index in [1.807, 2.05) is 32.9 Å². The number of carbonyl (C=O) groups excluding carboxylic acids is 1. The Morgan fingerprint density at radius 1 is 1.32 bits per heavy atom. The highest BCUT2D eigenvalue weighted by Gasteiger charge is 2.22. The number of benzene rings is 1. The van der Waals surface area contributed by atoms with Gasteiger partial charge in [0, 0.05) is 27.6 Å². The first-order chi connectivity index (χ1) is 10.3. The van der Waals surface area contributed by atoms with Gasteiger partial charge in [0.2, 0.25) is 0 Å². The van der Waals surface area contributed by atoms with E-state index >= 15 is 0 Å². The fourth-order valence-electron chi connectivity index (χ4n) is 2.29. The van der Waals surface area contributed by atoms with Gasteiger partial charge in [0.25, 0.3) is 0 Å². The molecule has 1 heterocycles. The molecule has 1 N–H and O–H groups in total. The average Bonchev–Trinajstić information content (AvgIpc) is 2.77. The predicted molar refractivity (Wildman–Crippen MR) is 92.9 cm³/mol. The number of aromatic nitrogens is 1. The molecule has 0 radical (unpaired) electrons. The van der Waals surface area contributed by atoms with Crippen molar-refractivity contribution in [2.75, 3.05) is 6.54 Å². The van der Waals surface area contributed by atoms with Crippen molar-refractivity contribution >= 4 is 32.9 Å². The quantitative estimate of drug-likeness (QED) is 0.819. The molecule has 0 aliphatic rings. The first-order valence-electron chi connectivity index (χ1n) is 7.53. The van der Waals surface area contributed by atoms with Gasteiger partial charge in [0.15, 0.2) is 0 Å². The number of rotatable bonds is 4. The molecule has 0 saturated carbocycles. The van der Waals surface area contributed by atoms with E-state index in [9.17, 15) is 4.79 Å². The lowest BCUT2D eigenvalue weighted by molar-refractivity contribution is 0.0231. The van der Waals surface area contributed by atoms with Gasteiger partial charge in [-0.3, -0.25) is 0 Å². The molecular formula is C17H23BrN2O2. The highest BCUT2D eigenvalue weighted by atomic mass is 79.9. The number of nitrogens with one attached hydrogen (secondary N) is 1. The summed E-state index contributed by atoms with van der Waals surface area (Å²) in [7, 11) is 0. The number of fused-ring (bicyclic) bond motifs is 1. The summed E-state index contributed by atoms with van der Waals surface area (Å²) in [5.41, 5.74) is 1.60. The Morgan fingerprint density at radius 3 is 2.68 bits per heavy atom. The molecule has 0 fully saturated rings. The predicted octanol–water partition coefficient (Wildman–Crippen LogP) is 5.08. The van der Waals surface area contributed by atoms with Crippen molar-refractivity contribution in [3.05, 3.63) is 34.4 Å². The summed E-state index contributed by atoms with van der Waals surface area (Å²) in [4.78, 5) is 17.4. The molecule has 1 aromatic heterocycles. The van der Waals surface area contributed by atoms with Crippen LogP contribution in [0.4, 0.5) is 4.79 Å². The average molecular weight is 367 g/mol. The molecule has 0 spiro atoms. The maximum Gasteiger partial charge on any atom is 0.410 e. The van der Waals surface area contributed by atoms with E-state index in [1.165, 1.54) is 0 Å². The Labute approximate surface area is 140 Å². The summed E-state index contributed by atoms with van der Waals surface area (Å²) >= 11 is 3.48. The lowest BCUT2D eigenvalue weighted by atomic mass is 10.2. The van der Waals surface area contributed by atoms with Crippen LogP contribution in [0, 0.1) is 0 Å². The second-order valence-corrected chi connectivity index (χ2v) is 7.34. The maximum atomic E-state index is 12.3. The van der Waals surface area contributed by atoms with Crippen LogP contribution in [0.15, 0.2) is 28.7 Å². The van der Waals surface area contributed by atoms with E-state index in [-0.39, 0.29) is 6.09 Å². The number of halogens is 1. The lowest BCUT2D eigenvalue weighted by Gasteiger charge is -2.26. The van der Waals surface area contributed by atoms with Crippen LogP contribution in [0.5, 0.6) is 0 Å². The molecule has 2 rings (SSSR count). The van der Waals surface area contributed by atoms with E-state index < -0.39 is 5.60 Å². The van der Waals surface area contributed by atoms with Gasteiger partial charge in [-0.05, 0) is 51.5 Å². The standard InChI is InChI=1S/C17H23BrN2O2/c1-5-8-20(16(21)22-17(2,3)4)11-14-10-12-9-13(18)6-7-15(12)19-14/h6-7,9-10,19H,5,8,11H2,1-4H3. The minimum atomic E-state index is -0.478. The number of amides is 1. The zero-order valence-electron chi connectivity index (χ0n) is 13.6. The molecule has 1 aromatic carbocycles. The van der Waals surface area contributed by atoms with Gasteiger partial charge in [-0.2, -0.15) is 0 Å². The van der Waals surface area contributed by atoms with Crippen molar-refractivity contribution in [2.24, 2.45) is 0 Å². The number of ether oxygens (including phenoxy) is 1. The Kier molecular flexibility index (Phi) is 5.16. The van der Waals surface area contributed by atoms with Gasteiger partial charge in [0.05, 0.1) is 6.54 Å². The second kappa shape index (κ2) is 6.73. The highest BCUT2D eigenvalue weighted by Crippen LogP contribution is 2.21. The van der Waals surface area contributed by atoms with Crippen LogP contribution in [0.1, 0.15) is 39.8 Å². The molecule has 0 unspecified atom stereocenters. The van der Waals surface area contributed by atoms with Crippen LogP contribution < -0.4 is 0 Å². The summed E-state index contributed by atoms with van der Waals surface area (Å²) < 4.78 is 6.53. The van der Waals surface area contributed by atoms with E-state index in [1.54, 1.807) is 4.90 Å². The van der Waals surface area contributed by atoms with Crippen LogP contribution >= 0.6 is 15.9 Å². The molecule has 1 amide bonds. The third kappa shape index (κ3) is 4.50. The molecule has 22 heavy (non-hydrogen) atoms. The van der Waals surface area contributed by atoms with Gasteiger partial charge in [-0.25, -0.2) is 4.79 Å². The molecule has 0 saturated heterocycles. The number of H-pyrrole nitrogens is 1. The molecule has 0 aliphatic heterocycles. The number of aromatic amines is 1. The van der Waals surface area contributed by atoms with Gasteiger partial charge < -0.3 is 14.6 Å². The van der Waals surface area contributed by atoms with Crippen LogP contribution in [-0.4, -0.2) is 28.1 Å². The van der Waals surface area contributed by atoms with Crippen LogP contribution in [0.25, 0.3) is 10.9 Å². The molecule has 0 bridgehead atoms. The first kappa shape index (κ1) is 16.9. The van der Waals surface area contributed by atoms with E-state index in [2.05, 4.69) is 40.0 Å². The molecule has 5 heteroatoms. The number of nitrogens with zero attached hydrogens (tertiary/aromatic N) is 1. The summed E-state index contributed by atoms with van der Waals surface area (Å²) in [5, 5.41) is 1.13. The summed E-state index contributed by atoms with van der Waals surface area (Å²) in [6.07, 6.45) is 0.625. The molecule has 2 aromatic rings. The molecule has 0 aliphatic carbocycles. The fraction of sp³-hybridized carbons (Fsp3) is 0.471. The summed E-state index contributed by atoms with van der Waals surface area (Å²) in [5.74, 6) is 0. The second-order valence-electron chi connectivity index (χ2n) is 6.43. The maximum absolute atomic E-state index is 12.3. The van der Waals surface area contributed by atoms with E-state index in [4.69, 9.17) is 4.74 Å². The van der Waals surface area contributed by atoms with E-state index in [0.717, 1.165) is 27.5 Å². The summed E-state index contributed by atoms with van der Waals surface area (Å²) in [6.45, 7) is 8.91. The Morgan fingerprint density at radius 2 is 2.05 bits per heavy atom. The third-order valence-corrected chi connectivity index (χ3v) is 3.64. The summed E-state index contributed by atoms with van der Waals surface area (Å²) in [6, 6.07) is 8.17. The van der Waals surface area contributed by atoms with Crippen LogP contribution in [-0.2, 0) is 11.3 Å².